The predicted molar refractivity (Wildman–Crippen MR) is 91.0 cm³/mol. The van der Waals surface area contributed by atoms with E-state index in [4.69, 9.17) is 0 Å². The van der Waals surface area contributed by atoms with Gasteiger partial charge in [-0.15, -0.1) is 0 Å². The standard InChI is InChI=1S/C19H30N2/c1-3-21(18-9-5-4-8-16(18)2)15-19(12-6-7-13-19)14-20-17-10-11-17/h4-5,8-9,17,20H,3,6-7,10-15H2,1-2H3. The maximum absolute atomic E-state index is 3.81. The zero-order chi connectivity index (χ0) is 14.7. The van der Waals surface area contributed by atoms with Crippen LogP contribution in [0.4, 0.5) is 5.69 Å². The lowest BCUT2D eigenvalue weighted by atomic mass is 9.85. The average molecular weight is 286 g/mol. The van der Waals surface area contributed by atoms with Gasteiger partial charge in [0.2, 0.25) is 0 Å². The minimum absolute atomic E-state index is 0.501. The minimum Gasteiger partial charge on any atom is -0.371 e. The second-order valence-corrected chi connectivity index (χ2v) is 7.16. The lowest BCUT2D eigenvalue weighted by Crippen LogP contribution is -2.43. The molecule has 1 N–H and O–H groups in total. The van der Waals surface area contributed by atoms with Gasteiger partial charge in [0.25, 0.3) is 0 Å². The highest BCUT2D eigenvalue weighted by molar-refractivity contribution is 5.53. The number of benzene rings is 1. The van der Waals surface area contributed by atoms with Gasteiger partial charge in [0.15, 0.2) is 0 Å². The molecule has 1 aromatic carbocycles. The third-order valence-electron chi connectivity index (χ3n) is 5.37. The van der Waals surface area contributed by atoms with Crippen LogP contribution in [0.3, 0.4) is 0 Å². The van der Waals surface area contributed by atoms with Crippen LogP contribution in [0.15, 0.2) is 24.3 Å². The Morgan fingerprint density at radius 1 is 1.19 bits per heavy atom. The molecule has 2 saturated carbocycles. The van der Waals surface area contributed by atoms with Crippen LogP contribution in [-0.4, -0.2) is 25.7 Å². The van der Waals surface area contributed by atoms with Gasteiger partial charge in [-0.25, -0.2) is 0 Å². The Morgan fingerprint density at radius 3 is 2.52 bits per heavy atom. The molecule has 0 amide bonds. The van der Waals surface area contributed by atoms with Gasteiger partial charge in [-0.05, 0) is 51.2 Å². The monoisotopic (exact) mass is 286 g/mol. The predicted octanol–water partition coefficient (Wildman–Crippen LogP) is 4.13. The van der Waals surface area contributed by atoms with Crippen LogP contribution in [0.25, 0.3) is 0 Å². The number of hydrogen-bond donors (Lipinski definition) is 1. The fourth-order valence-electron chi connectivity index (χ4n) is 3.85. The summed E-state index contributed by atoms with van der Waals surface area (Å²) in [6.45, 7) is 8.08. The van der Waals surface area contributed by atoms with Gasteiger partial charge in [-0.1, -0.05) is 31.0 Å². The van der Waals surface area contributed by atoms with E-state index in [2.05, 4.69) is 48.3 Å². The van der Waals surface area contributed by atoms with E-state index in [-0.39, 0.29) is 0 Å². The van der Waals surface area contributed by atoms with Crippen molar-refractivity contribution >= 4 is 5.69 Å². The van der Waals surface area contributed by atoms with E-state index in [0.29, 0.717) is 5.41 Å². The van der Waals surface area contributed by atoms with E-state index in [0.717, 1.165) is 12.6 Å². The van der Waals surface area contributed by atoms with Crippen molar-refractivity contribution in [2.45, 2.75) is 58.4 Å². The van der Waals surface area contributed by atoms with Crippen molar-refractivity contribution in [2.75, 3.05) is 24.5 Å². The first-order valence-corrected chi connectivity index (χ1v) is 8.76. The molecule has 0 unspecified atom stereocenters. The van der Waals surface area contributed by atoms with Crippen LogP contribution in [0.2, 0.25) is 0 Å². The molecule has 2 aliphatic carbocycles. The minimum atomic E-state index is 0.501. The zero-order valence-corrected chi connectivity index (χ0v) is 13.7. The lowest BCUT2D eigenvalue weighted by Gasteiger charge is -2.37. The maximum atomic E-state index is 3.81. The van der Waals surface area contributed by atoms with E-state index in [1.807, 2.05) is 0 Å². The first kappa shape index (κ1) is 14.9. The van der Waals surface area contributed by atoms with E-state index in [1.54, 1.807) is 0 Å². The van der Waals surface area contributed by atoms with Crippen LogP contribution >= 0.6 is 0 Å². The average Bonchev–Trinajstić information content (AvgIpc) is 3.23. The number of nitrogens with zero attached hydrogens (tertiary/aromatic N) is 1. The third kappa shape index (κ3) is 3.60. The van der Waals surface area contributed by atoms with Gasteiger partial charge >= 0.3 is 0 Å². The quantitative estimate of drug-likeness (QED) is 0.810. The molecule has 0 aliphatic heterocycles. The van der Waals surface area contributed by atoms with Crippen molar-refractivity contribution in [1.82, 2.24) is 5.32 Å². The Kier molecular flexibility index (Phi) is 4.54. The number of rotatable bonds is 7. The molecule has 0 spiro atoms. The number of hydrogen-bond acceptors (Lipinski definition) is 2. The fourth-order valence-corrected chi connectivity index (χ4v) is 3.85. The smallest absolute Gasteiger partial charge is 0.0396 e. The SMILES string of the molecule is CCN(CC1(CNC2CC2)CCCC1)c1ccccc1C. The zero-order valence-electron chi connectivity index (χ0n) is 13.7. The Bertz CT molecular complexity index is 458. The van der Waals surface area contributed by atoms with E-state index in [9.17, 15) is 0 Å². The van der Waals surface area contributed by atoms with Crippen LogP contribution in [0, 0.1) is 12.3 Å². The normalized spacial score (nSPS) is 20.7. The Morgan fingerprint density at radius 2 is 1.90 bits per heavy atom. The second kappa shape index (κ2) is 6.39. The van der Waals surface area contributed by atoms with Crippen LogP contribution < -0.4 is 10.2 Å². The molecule has 2 nitrogen and oxygen atoms in total. The molecule has 2 fully saturated rings. The van der Waals surface area contributed by atoms with Gasteiger partial charge in [0.05, 0.1) is 0 Å². The van der Waals surface area contributed by atoms with Crippen LogP contribution in [0.5, 0.6) is 0 Å². The summed E-state index contributed by atoms with van der Waals surface area (Å²) in [7, 11) is 0. The summed E-state index contributed by atoms with van der Waals surface area (Å²) in [5.74, 6) is 0. The van der Waals surface area contributed by atoms with Crippen LogP contribution in [-0.2, 0) is 0 Å². The Labute approximate surface area is 129 Å². The molecule has 0 bridgehead atoms. The molecule has 0 saturated heterocycles. The van der Waals surface area contributed by atoms with Gasteiger partial charge in [-0.3, -0.25) is 0 Å². The van der Waals surface area contributed by atoms with E-state index in [1.165, 1.54) is 62.9 Å². The Balaban J connectivity index is 1.71. The summed E-state index contributed by atoms with van der Waals surface area (Å²) in [5.41, 5.74) is 3.33. The molecule has 0 heterocycles. The summed E-state index contributed by atoms with van der Waals surface area (Å²) < 4.78 is 0. The molecule has 1 aromatic rings. The van der Waals surface area contributed by atoms with Gasteiger partial charge < -0.3 is 10.2 Å². The maximum Gasteiger partial charge on any atom is 0.0396 e. The first-order chi connectivity index (χ1) is 10.2. The third-order valence-corrected chi connectivity index (χ3v) is 5.37. The van der Waals surface area contributed by atoms with Crippen molar-refractivity contribution in [2.24, 2.45) is 5.41 Å². The highest BCUT2D eigenvalue weighted by Gasteiger charge is 2.37. The summed E-state index contributed by atoms with van der Waals surface area (Å²) in [5, 5.41) is 3.81. The topological polar surface area (TPSA) is 15.3 Å². The van der Waals surface area contributed by atoms with Crippen molar-refractivity contribution in [1.29, 1.82) is 0 Å². The summed E-state index contributed by atoms with van der Waals surface area (Å²) in [6, 6.07) is 9.68. The van der Waals surface area contributed by atoms with Crippen molar-refractivity contribution < 1.29 is 0 Å². The van der Waals surface area contributed by atoms with Gasteiger partial charge in [-0.2, -0.15) is 0 Å². The van der Waals surface area contributed by atoms with Crippen molar-refractivity contribution in [3.8, 4) is 0 Å². The second-order valence-electron chi connectivity index (χ2n) is 7.16. The first-order valence-electron chi connectivity index (χ1n) is 8.76. The molecule has 2 heteroatoms. The Hall–Kier alpha value is -1.02. The van der Waals surface area contributed by atoms with Crippen molar-refractivity contribution in [3.63, 3.8) is 0 Å². The highest BCUT2D eigenvalue weighted by Crippen LogP contribution is 2.40. The van der Waals surface area contributed by atoms with E-state index >= 15 is 0 Å². The molecule has 2 aliphatic rings. The molecular weight excluding hydrogens is 256 g/mol. The summed E-state index contributed by atoms with van der Waals surface area (Å²) in [4.78, 5) is 2.61. The number of nitrogens with one attached hydrogen (secondary N) is 1. The van der Waals surface area contributed by atoms with Gasteiger partial charge in [0.1, 0.15) is 0 Å². The highest BCUT2D eigenvalue weighted by atomic mass is 15.1. The number of aryl methyl sites for hydroxylation is 1. The number of anilines is 1. The summed E-state index contributed by atoms with van der Waals surface area (Å²) in [6.07, 6.45) is 8.41. The van der Waals surface area contributed by atoms with Gasteiger partial charge in [0, 0.05) is 36.8 Å². The molecule has 0 radical (unpaired) electrons. The largest absolute Gasteiger partial charge is 0.371 e. The molecule has 0 atom stereocenters. The molecular formula is C19H30N2. The fraction of sp³-hybridized carbons (Fsp3) is 0.684. The molecule has 116 valence electrons. The van der Waals surface area contributed by atoms with Crippen molar-refractivity contribution in [3.05, 3.63) is 29.8 Å². The molecule has 21 heavy (non-hydrogen) atoms. The molecule has 0 aromatic heterocycles. The van der Waals surface area contributed by atoms with Crippen LogP contribution in [0.1, 0.15) is 51.0 Å². The lowest BCUT2D eigenvalue weighted by molar-refractivity contribution is 0.282. The number of para-hydroxylation sites is 1. The summed E-state index contributed by atoms with van der Waals surface area (Å²) >= 11 is 0. The van der Waals surface area contributed by atoms with E-state index < -0.39 is 0 Å². The molecule has 3 rings (SSSR count).